The second kappa shape index (κ2) is 7.02. The highest BCUT2D eigenvalue weighted by molar-refractivity contribution is 4.84. The second-order valence-corrected chi connectivity index (χ2v) is 6.55. The average Bonchev–Trinajstić information content (AvgIpc) is 2.71. The first-order valence-electron chi connectivity index (χ1n) is 7.81. The van der Waals surface area contributed by atoms with E-state index < -0.39 is 0 Å². The SMILES string of the molecule is CC1(C)CCC(CN2CCC(OCCCN)CC2)O1. The van der Waals surface area contributed by atoms with E-state index in [1.54, 1.807) is 0 Å². The second-order valence-electron chi connectivity index (χ2n) is 6.55. The lowest BCUT2D eigenvalue weighted by Gasteiger charge is -2.33. The molecular formula is C15H30N2O2. The van der Waals surface area contributed by atoms with Gasteiger partial charge in [0, 0.05) is 26.2 Å². The summed E-state index contributed by atoms with van der Waals surface area (Å²) in [6.45, 7) is 9.34. The van der Waals surface area contributed by atoms with E-state index in [1.165, 1.54) is 12.8 Å². The Bertz CT molecular complexity index is 263. The summed E-state index contributed by atoms with van der Waals surface area (Å²) >= 11 is 0. The van der Waals surface area contributed by atoms with Gasteiger partial charge in [-0.15, -0.1) is 0 Å². The van der Waals surface area contributed by atoms with Crippen LogP contribution < -0.4 is 5.73 Å². The number of likely N-dealkylation sites (tertiary alicyclic amines) is 1. The van der Waals surface area contributed by atoms with Gasteiger partial charge in [0.15, 0.2) is 0 Å². The summed E-state index contributed by atoms with van der Waals surface area (Å²) in [6.07, 6.45) is 6.57. The van der Waals surface area contributed by atoms with Crippen LogP contribution in [-0.2, 0) is 9.47 Å². The molecule has 0 saturated carbocycles. The van der Waals surface area contributed by atoms with E-state index in [0.717, 1.165) is 52.0 Å². The van der Waals surface area contributed by atoms with Crippen LogP contribution in [0.15, 0.2) is 0 Å². The number of rotatable bonds is 6. The third-order valence-corrected chi connectivity index (χ3v) is 4.25. The molecule has 2 heterocycles. The average molecular weight is 270 g/mol. The van der Waals surface area contributed by atoms with Gasteiger partial charge in [-0.3, -0.25) is 0 Å². The van der Waals surface area contributed by atoms with Crippen LogP contribution in [0.3, 0.4) is 0 Å². The van der Waals surface area contributed by atoms with Crippen molar-refractivity contribution in [1.82, 2.24) is 4.90 Å². The lowest BCUT2D eigenvalue weighted by Crippen LogP contribution is -2.41. The van der Waals surface area contributed by atoms with Crippen molar-refractivity contribution in [2.45, 2.75) is 63.8 Å². The molecule has 0 bridgehead atoms. The van der Waals surface area contributed by atoms with Gasteiger partial charge < -0.3 is 20.1 Å². The zero-order chi connectivity index (χ0) is 13.7. The molecule has 2 aliphatic rings. The van der Waals surface area contributed by atoms with Gasteiger partial charge in [-0.05, 0) is 52.5 Å². The summed E-state index contributed by atoms with van der Waals surface area (Å²) in [5.41, 5.74) is 5.57. The Balaban J connectivity index is 1.61. The van der Waals surface area contributed by atoms with Gasteiger partial charge in [0.2, 0.25) is 0 Å². The maximum Gasteiger partial charge on any atom is 0.0710 e. The molecule has 0 aromatic carbocycles. The minimum atomic E-state index is 0.0916. The third-order valence-electron chi connectivity index (χ3n) is 4.25. The van der Waals surface area contributed by atoms with Gasteiger partial charge in [-0.1, -0.05) is 0 Å². The Hall–Kier alpha value is -0.160. The normalized spacial score (nSPS) is 28.9. The maximum absolute atomic E-state index is 6.07. The van der Waals surface area contributed by atoms with Crippen LogP contribution in [-0.4, -0.2) is 55.5 Å². The van der Waals surface area contributed by atoms with E-state index in [9.17, 15) is 0 Å². The Morgan fingerprint density at radius 2 is 2.00 bits per heavy atom. The van der Waals surface area contributed by atoms with E-state index >= 15 is 0 Å². The summed E-state index contributed by atoms with van der Waals surface area (Å²) in [6, 6.07) is 0. The molecule has 0 spiro atoms. The predicted octanol–water partition coefficient (Wildman–Crippen LogP) is 1.77. The molecule has 2 rings (SSSR count). The molecule has 19 heavy (non-hydrogen) atoms. The number of piperidine rings is 1. The number of nitrogens with two attached hydrogens (primary N) is 1. The van der Waals surface area contributed by atoms with Gasteiger partial charge in [0.05, 0.1) is 17.8 Å². The van der Waals surface area contributed by atoms with Crippen LogP contribution in [0, 0.1) is 0 Å². The van der Waals surface area contributed by atoms with Crippen LogP contribution in [0.5, 0.6) is 0 Å². The first kappa shape index (κ1) is 15.2. The Morgan fingerprint density at radius 1 is 1.26 bits per heavy atom. The van der Waals surface area contributed by atoms with Crippen molar-refractivity contribution in [2.24, 2.45) is 5.73 Å². The number of hydrogen-bond donors (Lipinski definition) is 1. The first-order chi connectivity index (χ1) is 9.09. The molecule has 1 unspecified atom stereocenters. The summed E-state index contributed by atoms with van der Waals surface area (Å²) in [4.78, 5) is 2.54. The van der Waals surface area contributed by atoms with Crippen LogP contribution in [0.4, 0.5) is 0 Å². The molecule has 0 aromatic rings. The molecule has 2 N–H and O–H groups in total. The lowest BCUT2D eigenvalue weighted by molar-refractivity contribution is -0.0421. The molecular weight excluding hydrogens is 240 g/mol. The van der Waals surface area contributed by atoms with Gasteiger partial charge in [-0.25, -0.2) is 0 Å². The number of nitrogens with zero attached hydrogens (tertiary/aromatic N) is 1. The van der Waals surface area contributed by atoms with Crippen molar-refractivity contribution in [2.75, 3.05) is 32.8 Å². The summed E-state index contributed by atoms with van der Waals surface area (Å²) < 4.78 is 11.9. The van der Waals surface area contributed by atoms with Crippen molar-refractivity contribution >= 4 is 0 Å². The Morgan fingerprint density at radius 3 is 2.58 bits per heavy atom. The van der Waals surface area contributed by atoms with Gasteiger partial charge in [-0.2, -0.15) is 0 Å². The van der Waals surface area contributed by atoms with Crippen LogP contribution >= 0.6 is 0 Å². The molecule has 0 aliphatic carbocycles. The molecule has 4 heteroatoms. The fourth-order valence-corrected chi connectivity index (χ4v) is 3.09. The summed E-state index contributed by atoms with van der Waals surface area (Å²) in [5.74, 6) is 0. The van der Waals surface area contributed by atoms with Crippen molar-refractivity contribution in [3.63, 3.8) is 0 Å². The fraction of sp³-hybridized carbons (Fsp3) is 1.00. The highest BCUT2D eigenvalue weighted by Gasteiger charge is 2.33. The standard InChI is InChI=1S/C15H30N2O2/c1-15(2)7-4-14(19-15)12-17-9-5-13(6-10-17)18-11-3-8-16/h13-14H,3-12,16H2,1-2H3. The van der Waals surface area contributed by atoms with Gasteiger partial charge in [0.25, 0.3) is 0 Å². The van der Waals surface area contributed by atoms with Crippen LogP contribution in [0.1, 0.15) is 46.0 Å². The third kappa shape index (κ3) is 5.03. The quantitative estimate of drug-likeness (QED) is 0.747. The molecule has 2 aliphatic heterocycles. The lowest BCUT2D eigenvalue weighted by atomic mass is 10.0. The van der Waals surface area contributed by atoms with E-state index in [-0.39, 0.29) is 5.60 Å². The molecule has 112 valence electrons. The smallest absolute Gasteiger partial charge is 0.0710 e. The van der Waals surface area contributed by atoms with Crippen molar-refractivity contribution in [3.8, 4) is 0 Å². The maximum atomic E-state index is 6.07. The molecule has 1 atom stereocenters. The van der Waals surface area contributed by atoms with Crippen molar-refractivity contribution < 1.29 is 9.47 Å². The van der Waals surface area contributed by atoms with E-state index in [4.69, 9.17) is 15.2 Å². The van der Waals surface area contributed by atoms with E-state index in [2.05, 4.69) is 18.7 Å². The van der Waals surface area contributed by atoms with Crippen molar-refractivity contribution in [3.05, 3.63) is 0 Å². The zero-order valence-corrected chi connectivity index (χ0v) is 12.6. The first-order valence-corrected chi connectivity index (χ1v) is 7.81. The van der Waals surface area contributed by atoms with Crippen LogP contribution in [0.25, 0.3) is 0 Å². The fourth-order valence-electron chi connectivity index (χ4n) is 3.09. The molecule has 0 amide bonds. The Labute approximate surface area is 117 Å². The van der Waals surface area contributed by atoms with E-state index in [0.29, 0.717) is 12.2 Å². The minimum absolute atomic E-state index is 0.0916. The largest absolute Gasteiger partial charge is 0.378 e. The monoisotopic (exact) mass is 270 g/mol. The molecule has 2 saturated heterocycles. The highest BCUT2D eigenvalue weighted by Crippen LogP contribution is 2.30. The highest BCUT2D eigenvalue weighted by atomic mass is 16.5. The summed E-state index contributed by atoms with van der Waals surface area (Å²) in [5, 5.41) is 0. The van der Waals surface area contributed by atoms with E-state index in [1.807, 2.05) is 0 Å². The number of hydrogen-bond acceptors (Lipinski definition) is 4. The van der Waals surface area contributed by atoms with Crippen LogP contribution in [0.2, 0.25) is 0 Å². The number of ether oxygens (including phenoxy) is 2. The Kier molecular flexibility index (Phi) is 5.63. The molecule has 0 aromatic heterocycles. The molecule has 2 fully saturated rings. The minimum Gasteiger partial charge on any atom is -0.378 e. The van der Waals surface area contributed by atoms with Gasteiger partial charge >= 0.3 is 0 Å². The summed E-state index contributed by atoms with van der Waals surface area (Å²) in [7, 11) is 0. The topological polar surface area (TPSA) is 47.7 Å². The predicted molar refractivity (Wildman–Crippen MR) is 77.3 cm³/mol. The molecule has 0 radical (unpaired) electrons. The van der Waals surface area contributed by atoms with Crippen molar-refractivity contribution in [1.29, 1.82) is 0 Å². The van der Waals surface area contributed by atoms with Gasteiger partial charge in [0.1, 0.15) is 0 Å². The zero-order valence-electron chi connectivity index (χ0n) is 12.6. The molecule has 4 nitrogen and oxygen atoms in total.